The van der Waals surface area contributed by atoms with Gasteiger partial charge in [0.25, 0.3) is 5.91 Å². The van der Waals surface area contributed by atoms with Crippen molar-refractivity contribution >= 4 is 5.91 Å². The molecule has 0 aliphatic heterocycles. The predicted molar refractivity (Wildman–Crippen MR) is 78.2 cm³/mol. The van der Waals surface area contributed by atoms with Crippen LogP contribution in [0.5, 0.6) is 11.5 Å². The fourth-order valence-electron chi connectivity index (χ4n) is 1.90. The Labute approximate surface area is 123 Å². The van der Waals surface area contributed by atoms with Crippen molar-refractivity contribution in [1.82, 2.24) is 14.7 Å². The minimum Gasteiger partial charge on any atom is -0.493 e. The smallest absolute Gasteiger partial charge is 0.260 e. The van der Waals surface area contributed by atoms with E-state index in [0.29, 0.717) is 18.0 Å². The van der Waals surface area contributed by atoms with Gasteiger partial charge in [0.2, 0.25) is 0 Å². The molecule has 0 aliphatic carbocycles. The van der Waals surface area contributed by atoms with Crippen molar-refractivity contribution in [1.29, 1.82) is 0 Å². The molecule has 0 atom stereocenters. The molecule has 6 nitrogen and oxygen atoms in total. The van der Waals surface area contributed by atoms with Gasteiger partial charge in [-0.3, -0.25) is 9.48 Å². The maximum absolute atomic E-state index is 12.1. The first-order valence-corrected chi connectivity index (χ1v) is 6.57. The summed E-state index contributed by atoms with van der Waals surface area (Å²) < 4.78 is 12.4. The van der Waals surface area contributed by atoms with Crippen LogP contribution < -0.4 is 9.47 Å². The third-order valence-corrected chi connectivity index (χ3v) is 3.02. The van der Waals surface area contributed by atoms with Crippen LogP contribution >= 0.6 is 0 Å². The second-order valence-electron chi connectivity index (χ2n) is 4.71. The highest BCUT2D eigenvalue weighted by atomic mass is 16.5. The van der Waals surface area contributed by atoms with Crippen molar-refractivity contribution in [2.24, 2.45) is 7.05 Å². The molecule has 1 aromatic carbocycles. The molecule has 0 aliphatic rings. The van der Waals surface area contributed by atoms with Gasteiger partial charge < -0.3 is 14.4 Å². The Morgan fingerprint density at radius 1 is 1.33 bits per heavy atom. The fourth-order valence-corrected chi connectivity index (χ4v) is 1.90. The average Bonchev–Trinajstić information content (AvgIpc) is 2.90. The van der Waals surface area contributed by atoms with E-state index < -0.39 is 0 Å². The van der Waals surface area contributed by atoms with E-state index in [0.717, 1.165) is 5.56 Å². The Bertz CT molecular complexity index is 610. The number of carbonyl (C=O) groups excluding carboxylic acids is 1. The van der Waals surface area contributed by atoms with Crippen molar-refractivity contribution in [3.63, 3.8) is 0 Å². The third kappa shape index (κ3) is 3.98. The van der Waals surface area contributed by atoms with Gasteiger partial charge in [-0.1, -0.05) is 12.1 Å². The zero-order valence-corrected chi connectivity index (χ0v) is 12.4. The maximum Gasteiger partial charge on any atom is 0.260 e. The van der Waals surface area contributed by atoms with E-state index >= 15 is 0 Å². The van der Waals surface area contributed by atoms with Crippen LogP contribution in [0.3, 0.4) is 0 Å². The van der Waals surface area contributed by atoms with Crippen molar-refractivity contribution in [2.45, 2.75) is 6.54 Å². The Balaban J connectivity index is 1.89. The summed E-state index contributed by atoms with van der Waals surface area (Å²) in [4.78, 5) is 13.7. The molecule has 1 aromatic heterocycles. The Kier molecular flexibility index (Phi) is 4.81. The highest BCUT2D eigenvalue weighted by Crippen LogP contribution is 2.25. The van der Waals surface area contributed by atoms with Gasteiger partial charge in [-0.25, -0.2) is 0 Å². The fraction of sp³-hybridized carbons (Fsp3) is 0.333. The molecule has 21 heavy (non-hydrogen) atoms. The highest BCUT2D eigenvalue weighted by Gasteiger charge is 2.12. The molecule has 112 valence electrons. The number of nitrogens with zero attached hydrogens (tertiary/aromatic N) is 3. The molecule has 0 spiro atoms. The van der Waals surface area contributed by atoms with Gasteiger partial charge in [0, 0.05) is 32.4 Å². The second kappa shape index (κ2) is 6.78. The van der Waals surface area contributed by atoms with Crippen LogP contribution in [0.2, 0.25) is 0 Å². The molecule has 0 unspecified atom stereocenters. The zero-order valence-electron chi connectivity index (χ0n) is 12.4. The monoisotopic (exact) mass is 289 g/mol. The minimum absolute atomic E-state index is 0.0306. The second-order valence-corrected chi connectivity index (χ2v) is 4.71. The molecule has 2 aromatic rings. The van der Waals surface area contributed by atoms with Gasteiger partial charge in [0.05, 0.1) is 13.3 Å². The van der Waals surface area contributed by atoms with Crippen LogP contribution in [-0.4, -0.2) is 41.4 Å². The summed E-state index contributed by atoms with van der Waals surface area (Å²) >= 11 is 0. The summed E-state index contributed by atoms with van der Waals surface area (Å²) in [6.45, 7) is 0.471. The van der Waals surface area contributed by atoms with Crippen LogP contribution in [-0.2, 0) is 18.4 Å². The van der Waals surface area contributed by atoms with E-state index in [-0.39, 0.29) is 12.5 Å². The summed E-state index contributed by atoms with van der Waals surface area (Å²) in [6, 6.07) is 7.25. The highest BCUT2D eigenvalue weighted by molar-refractivity contribution is 5.77. The normalized spacial score (nSPS) is 10.2. The number of aromatic nitrogens is 2. The van der Waals surface area contributed by atoms with E-state index in [1.54, 1.807) is 42.1 Å². The Morgan fingerprint density at radius 3 is 2.67 bits per heavy atom. The molecule has 1 heterocycles. The van der Waals surface area contributed by atoms with Crippen LogP contribution in [0.1, 0.15) is 5.56 Å². The Hall–Kier alpha value is -2.50. The van der Waals surface area contributed by atoms with Crippen LogP contribution in [0, 0.1) is 0 Å². The molecule has 0 bridgehead atoms. The lowest BCUT2D eigenvalue weighted by Gasteiger charge is -2.17. The quantitative estimate of drug-likeness (QED) is 0.808. The van der Waals surface area contributed by atoms with Gasteiger partial charge >= 0.3 is 0 Å². The number of hydrogen-bond donors (Lipinski definition) is 0. The van der Waals surface area contributed by atoms with Crippen molar-refractivity contribution < 1.29 is 14.3 Å². The summed E-state index contributed by atoms with van der Waals surface area (Å²) in [5.74, 6) is 1.06. The molecule has 6 heteroatoms. The molecule has 2 rings (SSSR count). The number of benzene rings is 1. The molecule has 0 fully saturated rings. The number of rotatable bonds is 6. The number of amides is 1. The summed E-state index contributed by atoms with van der Waals surface area (Å²) in [5.41, 5.74) is 0.977. The van der Waals surface area contributed by atoms with E-state index in [1.807, 2.05) is 25.4 Å². The molecule has 1 amide bonds. The first-order valence-electron chi connectivity index (χ1n) is 6.57. The number of methoxy groups -OCH3 is 1. The van der Waals surface area contributed by atoms with Crippen LogP contribution in [0.4, 0.5) is 0 Å². The molecular weight excluding hydrogens is 270 g/mol. The number of ether oxygens (including phenoxy) is 2. The maximum atomic E-state index is 12.1. The van der Waals surface area contributed by atoms with Gasteiger partial charge in [0.15, 0.2) is 18.1 Å². The molecule has 0 N–H and O–H groups in total. The van der Waals surface area contributed by atoms with E-state index in [9.17, 15) is 4.79 Å². The molecule has 0 saturated heterocycles. The van der Waals surface area contributed by atoms with Crippen molar-refractivity contribution in [3.8, 4) is 11.5 Å². The molecular formula is C15H19N3O3. The van der Waals surface area contributed by atoms with Gasteiger partial charge in [0.1, 0.15) is 0 Å². The first-order chi connectivity index (χ1) is 10.1. The minimum atomic E-state index is -0.107. The lowest BCUT2D eigenvalue weighted by atomic mass is 10.3. The van der Waals surface area contributed by atoms with Crippen LogP contribution in [0.25, 0.3) is 0 Å². The van der Waals surface area contributed by atoms with Crippen molar-refractivity contribution in [2.75, 3.05) is 20.8 Å². The summed E-state index contributed by atoms with van der Waals surface area (Å²) in [5, 5.41) is 4.08. The number of carbonyl (C=O) groups is 1. The summed E-state index contributed by atoms with van der Waals surface area (Å²) in [6.07, 6.45) is 3.62. The third-order valence-electron chi connectivity index (χ3n) is 3.02. The number of aryl methyl sites for hydroxylation is 1. The molecule has 0 radical (unpaired) electrons. The average molecular weight is 289 g/mol. The van der Waals surface area contributed by atoms with Gasteiger partial charge in [-0.15, -0.1) is 0 Å². The van der Waals surface area contributed by atoms with Crippen LogP contribution in [0.15, 0.2) is 36.7 Å². The van der Waals surface area contributed by atoms with Gasteiger partial charge in [-0.2, -0.15) is 5.10 Å². The largest absolute Gasteiger partial charge is 0.493 e. The SMILES string of the molecule is COc1ccccc1OCC(=O)N(C)Cc1cnn(C)c1. The zero-order chi connectivity index (χ0) is 15.2. The standard InChI is InChI=1S/C15H19N3O3/c1-17(9-12-8-16-18(2)10-12)15(19)11-21-14-7-5-4-6-13(14)20-3/h4-8,10H,9,11H2,1-3H3. The predicted octanol–water partition coefficient (Wildman–Crippen LogP) is 1.47. The Morgan fingerprint density at radius 2 is 2.05 bits per heavy atom. The van der Waals surface area contributed by atoms with E-state index in [4.69, 9.17) is 9.47 Å². The van der Waals surface area contributed by atoms with E-state index in [1.165, 1.54) is 0 Å². The van der Waals surface area contributed by atoms with Gasteiger partial charge in [-0.05, 0) is 12.1 Å². The number of para-hydroxylation sites is 2. The first kappa shape index (κ1) is 14.9. The van der Waals surface area contributed by atoms with E-state index in [2.05, 4.69) is 5.10 Å². The lowest BCUT2D eigenvalue weighted by molar-refractivity contribution is -0.132. The number of likely N-dealkylation sites (N-methyl/N-ethyl adjacent to an activating group) is 1. The summed E-state index contributed by atoms with van der Waals surface area (Å²) in [7, 11) is 5.15. The topological polar surface area (TPSA) is 56.6 Å². The molecule has 0 saturated carbocycles. The lowest BCUT2D eigenvalue weighted by Crippen LogP contribution is -2.30. The number of hydrogen-bond acceptors (Lipinski definition) is 4. The van der Waals surface area contributed by atoms with Crippen molar-refractivity contribution in [3.05, 3.63) is 42.2 Å².